The number of para-hydroxylation sites is 1. The molecule has 1 heterocycles. The standard InChI is InChI=1S/C19H20N2O/c1-2-8-18-20-17-12-7-6-11-16(17)19(22)21(18)14-13-15-9-4-3-5-10-15/h3-7,9-12H,2,8,13-14H2,1H3. The van der Waals surface area contributed by atoms with E-state index in [2.05, 4.69) is 19.1 Å². The average molecular weight is 292 g/mol. The van der Waals surface area contributed by atoms with Crippen LogP contribution in [0.3, 0.4) is 0 Å². The Morgan fingerprint density at radius 2 is 1.68 bits per heavy atom. The van der Waals surface area contributed by atoms with E-state index in [-0.39, 0.29) is 5.56 Å². The van der Waals surface area contributed by atoms with Gasteiger partial charge in [-0.25, -0.2) is 4.98 Å². The Labute approximate surface area is 130 Å². The summed E-state index contributed by atoms with van der Waals surface area (Å²) in [5.41, 5.74) is 2.11. The van der Waals surface area contributed by atoms with Gasteiger partial charge in [0, 0.05) is 13.0 Å². The van der Waals surface area contributed by atoms with Crippen molar-refractivity contribution in [3.63, 3.8) is 0 Å². The van der Waals surface area contributed by atoms with Crippen LogP contribution < -0.4 is 5.56 Å². The van der Waals surface area contributed by atoms with Crippen molar-refractivity contribution in [3.8, 4) is 0 Å². The Kier molecular flexibility index (Phi) is 4.33. The van der Waals surface area contributed by atoms with Crippen molar-refractivity contribution in [1.29, 1.82) is 0 Å². The molecule has 0 atom stereocenters. The maximum absolute atomic E-state index is 12.8. The monoisotopic (exact) mass is 292 g/mol. The normalized spacial score (nSPS) is 11.0. The second-order valence-electron chi connectivity index (χ2n) is 5.49. The summed E-state index contributed by atoms with van der Waals surface area (Å²) in [4.78, 5) is 17.5. The molecule has 3 nitrogen and oxygen atoms in total. The second kappa shape index (κ2) is 6.56. The van der Waals surface area contributed by atoms with Crippen molar-refractivity contribution >= 4 is 10.9 Å². The first kappa shape index (κ1) is 14.5. The summed E-state index contributed by atoms with van der Waals surface area (Å²) in [5.74, 6) is 0.891. The highest BCUT2D eigenvalue weighted by Crippen LogP contribution is 2.10. The highest BCUT2D eigenvalue weighted by Gasteiger charge is 2.10. The zero-order chi connectivity index (χ0) is 15.4. The molecule has 0 aliphatic carbocycles. The van der Waals surface area contributed by atoms with Crippen LogP contribution in [0.1, 0.15) is 24.7 Å². The van der Waals surface area contributed by atoms with E-state index in [9.17, 15) is 4.79 Å². The lowest BCUT2D eigenvalue weighted by Crippen LogP contribution is -2.26. The Morgan fingerprint density at radius 3 is 2.45 bits per heavy atom. The molecule has 0 aliphatic rings. The molecule has 0 aliphatic heterocycles. The van der Waals surface area contributed by atoms with E-state index >= 15 is 0 Å². The minimum absolute atomic E-state index is 0.0741. The summed E-state index contributed by atoms with van der Waals surface area (Å²) in [6.07, 6.45) is 2.66. The van der Waals surface area contributed by atoms with Crippen LogP contribution in [0.25, 0.3) is 10.9 Å². The quantitative estimate of drug-likeness (QED) is 0.720. The minimum Gasteiger partial charge on any atom is -0.296 e. The zero-order valence-electron chi connectivity index (χ0n) is 12.8. The van der Waals surface area contributed by atoms with Crippen molar-refractivity contribution in [2.75, 3.05) is 0 Å². The van der Waals surface area contributed by atoms with Gasteiger partial charge in [-0.05, 0) is 30.5 Å². The molecule has 1 aromatic heterocycles. The fourth-order valence-corrected chi connectivity index (χ4v) is 2.74. The summed E-state index contributed by atoms with van der Waals surface area (Å²) in [6, 6.07) is 17.9. The maximum atomic E-state index is 12.8. The van der Waals surface area contributed by atoms with Gasteiger partial charge in [-0.15, -0.1) is 0 Å². The third kappa shape index (κ3) is 2.93. The smallest absolute Gasteiger partial charge is 0.261 e. The van der Waals surface area contributed by atoms with Crippen LogP contribution >= 0.6 is 0 Å². The van der Waals surface area contributed by atoms with Crippen molar-refractivity contribution in [2.24, 2.45) is 0 Å². The predicted molar refractivity (Wildman–Crippen MR) is 90.1 cm³/mol. The maximum Gasteiger partial charge on any atom is 0.261 e. The van der Waals surface area contributed by atoms with Crippen LogP contribution in [0.2, 0.25) is 0 Å². The lowest BCUT2D eigenvalue weighted by molar-refractivity contribution is 0.609. The Morgan fingerprint density at radius 1 is 0.955 bits per heavy atom. The van der Waals surface area contributed by atoms with Crippen LogP contribution in [0.4, 0.5) is 0 Å². The van der Waals surface area contributed by atoms with Crippen LogP contribution in [-0.2, 0) is 19.4 Å². The van der Waals surface area contributed by atoms with Gasteiger partial charge in [0.25, 0.3) is 5.56 Å². The highest BCUT2D eigenvalue weighted by atomic mass is 16.1. The molecular weight excluding hydrogens is 272 g/mol. The minimum atomic E-state index is 0.0741. The summed E-state index contributed by atoms with van der Waals surface area (Å²) < 4.78 is 1.85. The number of benzene rings is 2. The Hall–Kier alpha value is -2.42. The second-order valence-corrected chi connectivity index (χ2v) is 5.49. The van der Waals surface area contributed by atoms with E-state index < -0.39 is 0 Å². The molecule has 3 aromatic rings. The predicted octanol–water partition coefficient (Wildman–Crippen LogP) is 3.59. The molecule has 0 spiro atoms. The molecule has 0 saturated carbocycles. The molecule has 2 aromatic carbocycles. The fourth-order valence-electron chi connectivity index (χ4n) is 2.74. The fraction of sp³-hybridized carbons (Fsp3) is 0.263. The van der Waals surface area contributed by atoms with E-state index in [0.717, 1.165) is 30.6 Å². The average Bonchev–Trinajstić information content (AvgIpc) is 2.56. The van der Waals surface area contributed by atoms with Crippen LogP contribution in [0, 0.1) is 0 Å². The van der Waals surface area contributed by atoms with Gasteiger partial charge < -0.3 is 0 Å². The SMILES string of the molecule is CCCc1nc2ccccc2c(=O)n1CCc1ccccc1. The first-order valence-electron chi connectivity index (χ1n) is 7.82. The Bertz CT molecular complexity index is 822. The number of nitrogens with zero attached hydrogens (tertiary/aromatic N) is 2. The molecule has 112 valence electrons. The molecule has 3 heteroatoms. The number of aromatic nitrogens is 2. The molecule has 0 N–H and O–H groups in total. The van der Waals surface area contributed by atoms with E-state index in [1.807, 2.05) is 47.0 Å². The summed E-state index contributed by atoms with van der Waals surface area (Å²) in [7, 11) is 0. The van der Waals surface area contributed by atoms with Gasteiger partial charge in [0.1, 0.15) is 5.82 Å². The largest absolute Gasteiger partial charge is 0.296 e. The molecule has 0 bridgehead atoms. The number of aryl methyl sites for hydroxylation is 2. The van der Waals surface area contributed by atoms with Gasteiger partial charge in [0.2, 0.25) is 0 Å². The van der Waals surface area contributed by atoms with Crippen LogP contribution in [0.15, 0.2) is 59.4 Å². The molecule has 0 fully saturated rings. The number of hydrogen-bond donors (Lipinski definition) is 0. The van der Waals surface area contributed by atoms with E-state index in [1.165, 1.54) is 5.56 Å². The lowest BCUT2D eigenvalue weighted by Gasteiger charge is -2.13. The number of hydrogen-bond acceptors (Lipinski definition) is 2. The van der Waals surface area contributed by atoms with Crippen LogP contribution in [-0.4, -0.2) is 9.55 Å². The van der Waals surface area contributed by atoms with Gasteiger partial charge >= 0.3 is 0 Å². The summed E-state index contributed by atoms with van der Waals surface area (Å²) in [6.45, 7) is 2.79. The Balaban J connectivity index is 2.00. The van der Waals surface area contributed by atoms with Crippen molar-refractivity contribution in [2.45, 2.75) is 32.7 Å². The molecular formula is C19H20N2O. The van der Waals surface area contributed by atoms with Crippen molar-refractivity contribution < 1.29 is 0 Å². The van der Waals surface area contributed by atoms with Crippen LogP contribution in [0.5, 0.6) is 0 Å². The summed E-state index contributed by atoms with van der Waals surface area (Å²) in [5, 5.41) is 0.704. The van der Waals surface area contributed by atoms with Crippen molar-refractivity contribution in [3.05, 3.63) is 76.3 Å². The topological polar surface area (TPSA) is 34.9 Å². The first-order chi connectivity index (χ1) is 10.8. The van der Waals surface area contributed by atoms with Gasteiger partial charge in [-0.3, -0.25) is 9.36 Å². The molecule has 22 heavy (non-hydrogen) atoms. The molecule has 3 rings (SSSR count). The van der Waals surface area contributed by atoms with E-state index in [1.54, 1.807) is 0 Å². The summed E-state index contributed by atoms with van der Waals surface area (Å²) >= 11 is 0. The third-order valence-corrected chi connectivity index (χ3v) is 3.88. The molecule has 0 amide bonds. The molecule has 0 unspecified atom stereocenters. The lowest BCUT2D eigenvalue weighted by atomic mass is 10.1. The van der Waals surface area contributed by atoms with E-state index in [0.29, 0.717) is 11.9 Å². The third-order valence-electron chi connectivity index (χ3n) is 3.88. The van der Waals surface area contributed by atoms with Crippen molar-refractivity contribution in [1.82, 2.24) is 9.55 Å². The van der Waals surface area contributed by atoms with Gasteiger partial charge in [-0.1, -0.05) is 49.4 Å². The molecule has 0 radical (unpaired) electrons. The van der Waals surface area contributed by atoms with Gasteiger partial charge in [0.15, 0.2) is 0 Å². The highest BCUT2D eigenvalue weighted by molar-refractivity contribution is 5.77. The number of fused-ring (bicyclic) bond motifs is 1. The number of rotatable bonds is 5. The van der Waals surface area contributed by atoms with E-state index in [4.69, 9.17) is 4.98 Å². The first-order valence-corrected chi connectivity index (χ1v) is 7.82. The zero-order valence-corrected chi connectivity index (χ0v) is 12.8. The molecule has 0 saturated heterocycles. The van der Waals surface area contributed by atoms with Gasteiger partial charge in [0.05, 0.1) is 10.9 Å². The van der Waals surface area contributed by atoms with Gasteiger partial charge in [-0.2, -0.15) is 0 Å².